The lowest BCUT2D eigenvalue weighted by atomic mass is 9.87. The topological polar surface area (TPSA) is 106 Å². The van der Waals surface area contributed by atoms with Crippen LogP contribution in [0, 0.1) is 5.92 Å². The minimum absolute atomic E-state index is 0.0481. The molecule has 1 heterocycles. The van der Waals surface area contributed by atoms with Gasteiger partial charge in [-0.3, -0.25) is 14.4 Å². The third-order valence-corrected chi connectivity index (χ3v) is 6.84. The average molecular weight is 485 g/mol. The molecule has 0 saturated heterocycles. The van der Waals surface area contributed by atoms with E-state index in [1.165, 1.54) is 6.20 Å². The Labute approximate surface area is 203 Å². The highest BCUT2D eigenvalue weighted by Gasteiger charge is 2.27. The molecule has 0 atom stereocenters. The molecule has 7 nitrogen and oxygen atoms in total. The predicted molar refractivity (Wildman–Crippen MR) is 128 cm³/mol. The Morgan fingerprint density at radius 3 is 2.38 bits per heavy atom. The second-order valence-corrected chi connectivity index (χ2v) is 9.52. The van der Waals surface area contributed by atoms with Gasteiger partial charge in [0.15, 0.2) is 5.78 Å². The van der Waals surface area contributed by atoms with Gasteiger partial charge in [0.1, 0.15) is 6.10 Å². The summed E-state index contributed by atoms with van der Waals surface area (Å²) < 4.78 is 5.84. The standard InChI is InChI=1S/C26H29ClN2O5/c27-22-14-18(7-11-21(22)16-3-4-16)25(31)28-13-1-2-23(30)19-8-12-24(29-15-19)34-20-9-5-17(6-10-20)26(32)33/h7-8,11-12,14-17,20H,1-6,9-10,13H2,(H,28,31)(H,32,33). The molecule has 2 aliphatic carbocycles. The highest BCUT2D eigenvalue weighted by Crippen LogP contribution is 2.43. The van der Waals surface area contributed by atoms with E-state index in [0.29, 0.717) is 73.0 Å². The van der Waals surface area contributed by atoms with Crippen LogP contribution in [0.4, 0.5) is 0 Å². The Kier molecular flexibility index (Phi) is 7.83. The van der Waals surface area contributed by atoms with Crippen molar-refractivity contribution in [3.05, 3.63) is 58.2 Å². The molecule has 2 saturated carbocycles. The van der Waals surface area contributed by atoms with Gasteiger partial charge in [-0.15, -0.1) is 0 Å². The molecule has 2 aromatic rings. The van der Waals surface area contributed by atoms with Crippen LogP contribution >= 0.6 is 11.6 Å². The predicted octanol–water partition coefficient (Wildman–Crippen LogP) is 5.03. The summed E-state index contributed by atoms with van der Waals surface area (Å²) in [4.78, 5) is 40.1. The maximum atomic E-state index is 12.4. The molecule has 0 unspecified atom stereocenters. The lowest BCUT2D eigenvalue weighted by Gasteiger charge is -2.26. The zero-order chi connectivity index (χ0) is 24.1. The first-order valence-electron chi connectivity index (χ1n) is 11.9. The van der Waals surface area contributed by atoms with Crippen LogP contribution in [0.5, 0.6) is 5.88 Å². The number of hydrogen-bond acceptors (Lipinski definition) is 5. The van der Waals surface area contributed by atoms with E-state index in [9.17, 15) is 14.4 Å². The SMILES string of the molecule is O=C(CCCNC(=O)c1ccc(C2CC2)c(Cl)c1)c1ccc(OC2CCC(C(=O)O)CC2)nc1. The van der Waals surface area contributed by atoms with E-state index >= 15 is 0 Å². The van der Waals surface area contributed by atoms with Crippen molar-refractivity contribution in [1.29, 1.82) is 0 Å². The number of nitrogens with one attached hydrogen (secondary N) is 1. The van der Waals surface area contributed by atoms with E-state index in [2.05, 4.69) is 10.3 Å². The number of ether oxygens (including phenoxy) is 1. The van der Waals surface area contributed by atoms with Gasteiger partial charge in [0.25, 0.3) is 5.91 Å². The number of carbonyl (C=O) groups excluding carboxylic acids is 2. The van der Waals surface area contributed by atoms with Crippen molar-refractivity contribution in [3.8, 4) is 5.88 Å². The number of ketones is 1. The summed E-state index contributed by atoms with van der Waals surface area (Å²) in [5, 5.41) is 12.6. The van der Waals surface area contributed by atoms with Crippen LogP contribution in [0.15, 0.2) is 36.5 Å². The fourth-order valence-electron chi connectivity index (χ4n) is 4.30. The van der Waals surface area contributed by atoms with Gasteiger partial charge < -0.3 is 15.2 Å². The normalized spacial score (nSPS) is 19.9. The molecule has 1 amide bonds. The highest BCUT2D eigenvalue weighted by molar-refractivity contribution is 6.31. The molecule has 0 aliphatic heterocycles. The largest absolute Gasteiger partial charge is 0.481 e. The molecule has 8 heteroatoms. The van der Waals surface area contributed by atoms with Gasteiger partial charge in [0, 0.05) is 41.4 Å². The fraction of sp³-hybridized carbons (Fsp3) is 0.462. The van der Waals surface area contributed by atoms with Gasteiger partial charge in [-0.2, -0.15) is 0 Å². The summed E-state index contributed by atoms with van der Waals surface area (Å²) in [6.07, 6.45) is 7.14. The maximum absolute atomic E-state index is 12.4. The van der Waals surface area contributed by atoms with E-state index in [0.717, 1.165) is 18.4 Å². The second kappa shape index (κ2) is 11.0. The van der Waals surface area contributed by atoms with Crippen LogP contribution in [0.3, 0.4) is 0 Å². The highest BCUT2D eigenvalue weighted by atomic mass is 35.5. The monoisotopic (exact) mass is 484 g/mol. The number of aromatic nitrogens is 1. The van der Waals surface area contributed by atoms with Gasteiger partial charge in [-0.05, 0) is 74.6 Å². The van der Waals surface area contributed by atoms with E-state index in [1.807, 2.05) is 6.07 Å². The van der Waals surface area contributed by atoms with Crippen molar-refractivity contribution in [1.82, 2.24) is 10.3 Å². The molecule has 2 N–H and O–H groups in total. The van der Waals surface area contributed by atoms with Crippen molar-refractivity contribution < 1.29 is 24.2 Å². The van der Waals surface area contributed by atoms with E-state index in [4.69, 9.17) is 21.4 Å². The molecule has 4 rings (SSSR count). The molecule has 0 bridgehead atoms. The molecule has 1 aromatic heterocycles. The Balaban J connectivity index is 1.17. The number of pyridine rings is 1. The van der Waals surface area contributed by atoms with Gasteiger partial charge in [0.05, 0.1) is 5.92 Å². The number of benzene rings is 1. The zero-order valence-electron chi connectivity index (χ0n) is 19.0. The molecule has 1 aromatic carbocycles. The molecule has 34 heavy (non-hydrogen) atoms. The minimum atomic E-state index is -0.745. The minimum Gasteiger partial charge on any atom is -0.481 e. The Hall–Kier alpha value is -2.93. The number of halogens is 1. The molecule has 0 radical (unpaired) electrons. The summed E-state index contributed by atoms with van der Waals surface area (Å²) >= 11 is 6.30. The maximum Gasteiger partial charge on any atom is 0.306 e. The van der Waals surface area contributed by atoms with Crippen molar-refractivity contribution >= 4 is 29.3 Å². The van der Waals surface area contributed by atoms with Crippen LogP contribution in [0.1, 0.15) is 83.6 Å². The van der Waals surface area contributed by atoms with Crippen molar-refractivity contribution in [3.63, 3.8) is 0 Å². The number of Topliss-reactive ketones (excluding diaryl/α,β-unsaturated/α-hetero) is 1. The Morgan fingerprint density at radius 1 is 1.03 bits per heavy atom. The quantitative estimate of drug-likeness (QED) is 0.362. The number of carboxylic acid groups (broad SMARTS) is 1. The Bertz CT molecular complexity index is 1040. The molecule has 2 aliphatic rings. The van der Waals surface area contributed by atoms with E-state index in [-0.39, 0.29) is 23.7 Å². The molecular weight excluding hydrogens is 456 g/mol. The van der Waals surface area contributed by atoms with E-state index < -0.39 is 5.97 Å². The van der Waals surface area contributed by atoms with Crippen LogP contribution in [-0.2, 0) is 4.79 Å². The first-order valence-corrected chi connectivity index (χ1v) is 12.2. The smallest absolute Gasteiger partial charge is 0.306 e. The third kappa shape index (κ3) is 6.35. The first-order chi connectivity index (χ1) is 16.4. The number of hydrogen-bond donors (Lipinski definition) is 2. The lowest BCUT2D eigenvalue weighted by molar-refractivity contribution is -0.143. The summed E-state index contributed by atoms with van der Waals surface area (Å²) in [5.41, 5.74) is 2.13. The van der Waals surface area contributed by atoms with Crippen LogP contribution < -0.4 is 10.1 Å². The van der Waals surface area contributed by atoms with Gasteiger partial charge >= 0.3 is 5.97 Å². The number of rotatable bonds is 10. The van der Waals surface area contributed by atoms with Crippen molar-refractivity contribution in [2.24, 2.45) is 5.92 Å². The lowest BCUT2D eigenvalue weighted by Crippen LogP contribution is -2.28. The summed E-state index contributed by atoms with van der Waals surface area (Å²) in [7, 11) is 0. The third-order valence-electron chi connectivity index (χ3n) is 6.52. The van der Waals surface area contributed by atoms with Crippen LogP contribution in [0.2, 0.25) is 5.02 Å². The molecule has 0 spiro atoms. The summed E-state index contributed by atoms with van der Waals surface area (Å²) in [6, 6.07) is 8.80. The number of carbonyl (C=O) groups is 3. The summed E-state index contributed by atoms with van der Waals surface area (Å²) in [5.74, 6) is -0.308. The number of amides is 1. The Morgan fingerprint density at radius 2 is 1.76 bits per heavy atom. The van der Waals surface area contributed by atoms with Crippen LogP contribution in [0.25, 0.3) is 0 Å². The molecule has 2 fully saturated rings. The number of carboxylic acids is 1. The van der Waals surface area contributed by atoms with Crippen molar-refractivity contribution in [2.75, 3.05) is 6.54 Å². The fourth-order valence-corrected chi connectivity index (χ4v) is 4.64. The van der Waals surface area contributed by atoms with Gasteiger partial charge in [0.2, 0.25) is 5.88 Å². The van der Waals surface area contributed by atoms with Crippen LogP contribution in [-0.4, -0.2) is 40.4 Å². The molecule has 180 valence electrons. The number of aliphatic carboxylic acids is 1. The van der Waals surface area contributed by atoms with E-state index in [1.54, 1.807) is 24.3 Å². The zero-order valence-corrected chi connectivity index (χ0v) is 19.7. The number of nitrogens with zero attached hydrogens (tertiary/aromatic N) is 1. The summed E-state index contributed by atoms with van der Waals surface area (Å²) in [6.45, 7) is 0.389. The van der Waals surface area contributed by atoms with Gasteiger partial charge in [-0.1, -0.05) is 17.7 Å². The average Bonchev–Trinajstić information content (AvgIpc) is 3.67. The van der Waals surface area contributed by atoms with Crippen molar-refractivity contribution in [2.45, 2.75) is 63.4 Å². The molecular formula is C26H29ClN2O5. The van der Waals surface area contributed by atoms with Gasteiger partial charge in [-0.25, -0.2) is 4.98 Å². The second-order valence-electron chi connectivity index (χ2n) is 9.11. The first kappa shape index (κ1) is 24.2.